The fourth-order valence-electron chi connectivity index (χ4n) is 3.05. The minimum atomic E-state index is 0.867. The maximum absolute atomic E-state index is 4.29. The van der Waals surface area contributed by atoms with Crippen molar-refractivity contribution in [2.24, 2.45) is 11.8 Å². The molecule has 1 aliphatic carbocycles. The van der Waals surface area contributed by atoms with Gasteiger partial charge in [0.05, 0.1) is 0 Å². The first-order valence-corrected chi connectivity index (χ1v) is 6.77. The lowest BCUT2D eigenvalue weighted by Crippen LogP contribution is -2.33. The molecule has 0 amide bonds. The van der Waals surface area contributed by atoms with Crippen LogP contribution in [0.3, 0.4) is 0 Å². The Balaban J connectivity index is 1.66. The summed E-state index contributed by atoms with van der Waals surface area (Å²) in [6, 6.07) is 0.961. The van der Waals surface area contributed by atoms with Crippen LogP contribution in [-0.4, -0.2) is 29.8 Å². The van der Waals surface area contributed by atoms with E-state index < -0.39 is 0 Å². The summed E-state index contributed by atoms with van der Waals surface area (Å²) >= 11 is 4.29. The van der Waals surface area contributed by atoms with E-state index >= 15 is 0 Å². The molecule has 0 aromatic heterocycles. The molecule has 1 saturated heterocycles. The van der Waals surface area contributed by atoms with Gasteiger partial charge in [-0.3, -0.25) is 0 Å². The highest BCUT2D eigenvalue weighted by Gasteiger charge is 2.37. The monoisotopic (exact) mass is 213 g/mol. The topological polar surface area (TPSA) is 3.24 Å². The second kappa shape index (κ2) is 4.89. The third-order valence-corrected chi connectivity index (χ3v) is 4.31. The highest BCUT2D eigenvalue weighted by molar-refractivity contribution is 7.80. The summed E-state index contributed by atoms with van der Waals surface area (Å²) in [5.74, 6) is 2.97. The number of thiol groups is 1. The molecule has 1 aliphatic heterocycles. The Morgan fingerprint density at radius 2 is 2.21 bits per heavy atom. The van der Waals surface area contributed by atoms with Crippen LogP contribution in [-0.2, 0) is 0 Å². The van der Waals surface area contributed by atoms with Gasteiger partial charge in [0, 0.05) is 12.6 Å². The molecule has 0 N–H and O–H groups in total. The zero-order valence-corrected chi connectivity index (χ0v) is 10.2. The summed E-state index contributed by atoms with van der Waals surface area (Å²) in [5.41, 5.74) is 0. The predicted octanol–water partition coefficient (Wildman–Crippen LogP) is 2.82. The highest BCUT2D eigenvalue weighted by atomic mass is 32.1. The van der Waals surface area contributed by atoms with E-state index in [0.29, 0.717) is 0 Å². The number of hydrogen-bond acceptors (Lipinski definition) is 2. The molecule has 2 rings (SSSR count). The fourth-order valence-corrected chi connectivity index (χ4v) is 3.49. The molecule has 0 aromatic rings. The van der Waals surface area contributed by atoms with Gasteiger partial charge in [0.2, 0.25) is 0 Å². The molecule has 3 unspecified atom stereocenters. The molecule has 2 aliphatic rings. The van der Waals surface area contributed by atoms with Crippen molar-refractivity contribution in [3.8, 4) is 0 Å². The van der Waals surface area contributed by atoms with E-state index in [4.69, 9.17) is 0 Å². The van der Waals surface area contributed by atoms with Gasteiger partial charge in [-0.1, -0.05) is 6.92 Å². The first-order valence-electron chi connectivity index (χ1n) is 6.14. The Morgan fingerprint density at radius 1 is 1.36 bits per heavy atom. The molecular weight excluding hydrogens is 190 g/mol. The van der Waals surface area contributed by atoms with E-state index in [2.05, 4.69) is 24.5 Å². The van der Waals surface area contributed by atoms with Gasteiger partial charge >= 0.3 is 0 Å². The van der Waals surface area contributed by atoms with E-state index in [1.807, 2.05) is 0 Å². The SMILES string of the molecule is CC(CCS)CCN1CC2CCC1C2. The second-order valence-electron chi connectivity index (χ2n) is 5.23. The highest BCUT2D eigenvalue weighted by Crippen LogP contribution is 2.37. The normalized spacial score (nSPS) is 33.9. The van der Waals surface area contributed by atoms with Gasteiger partial charge in [-0.25, -0.2) is 0 Å². The van der Waals surface area contributed by atoms with Crippen LogP contribution in [0, 0.1) is 11.8 Å². The fraction of sp³-hybridized carbons (Fsp3) is 1.00. The molecule has 2 bridgehead atoms. The quantitative estimate of drug-likeness (QED) is 0.687. The van der Waals surface area contributed by atoms with E-state index in [1.54, 1.807) is 0 Å². The summed E-state index contributed by atoms with van der Waals surface area (Å²) in [6.07, 6.45) is 7.15. The molecule has 2 heteroatoms. The van der Waals surface area contributed by atoms with E-state index in [1.165, 1.54) is 45.2 Å². The van der Waals surface area contributed by atoms with Crippen LogP contribution in [0.15, 0.2) is 0 Å². The van der Waals surface area contributed by atoms with Crippen molar-refractivity contribution < 1.29 is 0 Å². The average molecular weight is 213 g/mol. The average Bonchev–Trinajstić information content (AvgIpc) is 2.76. The molecule has 82 valence electrons. The third kappa shape index (κ3) is 2.46. The molecular formula is C12H23NS. The van der Waals surface area contributed by atoms with Crippen LogP contribution in [0.5, 0.6) is 0 Å². The molecule has 14 heavy (non-hydrogen) atoms. The van der Waals surface area contributed by atoms with Crippen molar-refractivity contribution in [1.82, 2.24) is 4.90 Å². The van der Waals surface area contributed by atoms with Crippen molar-refractivity contribution in [1.29, 1.82) is 0 Å². The summed E-state index contributed by atoms with van der Waals surface area (Å²) in [7, 11) is 0. The lowest BCUT2D eigenvalue weighted by molar-refractivity contribution is 0.200. The van der Waals surface area contributed by atoms with Crippen molar-refractivity contribution in [2.75, 3.05) is 18.8 Å². The zero-order chi connectivity index (χ0) is 9.97. The largest absolute Gasteiger partial charge is 0.300 e. The van der Waals surface area contributed by atoms with Gasteiger partial charge in [0.1, 0.15) is 0 Å². The van der Waals surface area contributed by atoms with Crippen molar-refractivity contribution in [3.05, 3.63) is 0 Å². The molecule has 1 nitrogen and oxygen atoms in total. The number of likely N-dealkylation sites (tertiary alicyclic amines) is 1. The molecule has 0 aromatic carbocycles. The van der Waals surface area contributed by atoms with E-state index in [-0.39, 0.29) is 0 Å². The van der Waals surface area contributed by atoms with Crippen LogP contribution < -0.4 is 0 Å². The molecule has 2 fully saturated rings. The maximum Gasteiger partial charge on any atom is 0.00985 e. The Hall–Kier alpha value is 0.310. The van der Waals surface area contributed by atoms with Gasteiger partial charge in [-0.05, 0) is 56.2 Å². The summed E-state index contributed by atoms with van der Waals surface area (Å²) < 4.78 is 0. The predicted molar refractivity (Wildman–Crippen MR) is 65.0 cm³/mol. The van der Waals surface area contributed by atoms with E-state index in [9.17, 15) is 0 Å². The summed E-state index contributed by atoms with van der Waals surface area (Å²) in [4.78, 5) is 2.74. The first kappa shape index (κ1) is 10.8. The van der Waals surface area contributed by atoms with Crippen LogP contribution in [0.25, 0.3) is 0 Å². The molecule has 3 atom stereocenters. The number of nitrogens with zero attached hydrogens (tertiary/aromatic N) is 1. The van der Waals surface area contributed by atoms with Crippen LogP contribution >= 0.6 is 12.6 Å². The molecule has 1 saturated carbocycles. The van der Waals surface area contributed by atoms with Gasteiger partial charge < -0.3 is 4.90 Å². The Bertz CT molecular complexity index is 183. The lowest BCUT2D eigenvalue weighted by atomic mass is 10.0. The van der Waals surface area contributed by atoms with Crippen molar-refractivity contribution >= 4 is 12.6 Å². The Kier molecular flexibility index (Phi) is 3.78. The molecule has 0 spiro atoms. The number of piperidine rings is 1. The smallest absolute Gasteiger partial charge is 0.00985 e. The Morgan fingerprint density at radius 3 is 2.79 bits per heavy atom. The Labute approximate surface area is 93.7 Å². The van der Waals surface area contributed by atoms with Crippen LogP contribution in [0.4, 0.5) is 0 Å². The number of rotatable bonds is 5. The van der Waals surface area contributed by atoms with Crippen molar-refractivity contribution in [2.45, 2.75) is 45.1 Å². The zero-order valence-electron chi connectivity index (χ0n) is 9.28. The van der Waals surface area contributed by atoms with Crippen molar-refractivity contribution in [3.63, 3.8) is 0 Å². The van der Waals surface area contributed by atoms with Gasteiger partial charge in [-0.15, -0.1) is 0 Å². The third-order valence-electron chi connectivity index (χ3n) is 4.05. The standard InChI is InChI=1S/C12H23NS/c1-10(5-7-14)4-6-13-9-11-2-3-12(13)8-11/h10-12,14H,2-9H2,1H3. The number of fused-ring (bicyclic) bond motifs is 2. The summed E-state index contributed by atoms with van der Waals surface area (Å²) in [5, 5.41) is 0. The molecule has 0 radical (unpaired) electrons. The second-order valence-corrected chi connectivity index (χ2v) is 5.68. The van der Waals surface area contributed by atoms with Gasteiger partial charge in [-0.2, -0.15) is 12.6 Å². The first-order chi connectivity index (χ1) is 6.79. The summed E-state index contributed by atoms with van der Waals surface area (Å²) in [6.45, 7) is 5.11. The van der Waals surface area contributed by atoms with Crippen LogP contribution in [0.1, 0.15) is 39.0 Å². The molecule has 1 heterocycles. The minimum absolute atomic E-state index is 0.867. The number of hydrogen-bond donors (Lipinski definition) is 1. The van der Waals surface area contributed by atoms with Gasteiger partial charge in [0.25, 0.3) is 0 Å². The van der Waals surface area contributed by atoms with Gasteiger partial charge in [0.15, 0.2) is 0 Å². The lowest BCUT2D eigenvalue weighted by Gasteiger charge is -2.27. The maximum atomic E-state index is 4.29. The minimum Gasteiger partial charge on any atom is -0.300 e. The van der Waals surface area contributed by atoms with Crippen LogP contribution in [0.2, 0.25) is 0 Å². The van der Waals surface area contributed by atoms with E-state index in [0.717, 1.165) is 23.6 Å².